The number of methoxy groups -OCH3 is 5. The summed E-state index contributed by atoms with van der Waals surface area (Å²) in [5, 5.41) is 3.01. The Bertz CT molecular complexity index is 811. The maximum absolute atomic E-state index is 12.5. The first-order valence-electron chi connectivity index (χ1n) is 9.27. The molecule has 0 heterocycles. The molecule has 2 rings (SSSR count). The summed E-state index contributed by atoms with van der Waals surface area (Å²) in [4.78, 5) is 12.5. The molecular weight excluding hydrogens is 374 g/mol. The largest absolute Gasteiger partial charge is 0.493 e. The second-order valence-corrected chi connectivity index (χ2v) is 6.44. The number of hydrogen-bond acceptors (Lipinski definition) is 6. The maximum atomic E-state index is 12.5. The summed E-state index contributed by atoms with van der Waals surface area (Å²) in [7, 11) is 7.87. The molecule has 0 aliphatic carbocycles. The molecule has 0 aromatic heterocycles. The molecule has 0 aliphatic heterocycles. The Kier molecular flexibility index (Phi) is 8.00. The van der Waals surface area contributed by atoms with Crippen molar-refractivity contribution in [2.45, 2.75) is 25.8 Å². The molecule has 0 bridgehead atoms. The molecule has 0 saturated heterocycles. The lowest BCUT2D eigenvalue weighted by Crippen LogP contribution is -2.26. The van der Waals surface area contributed by atoms with Gasteiger partial charge in [0.05, 0.1) is 41.6 Å². The van der Waals surface area contributed by atoms with Crippen molar-refractivity contribution in [3.8, 4) is 28.7 Å². The summed E-state index contributed by atoms with van der Waals surface area (Å²) in [6, 6.07) is 9.14. The van der Waals surface area contributed by atoms with Crippen molar-refractivity contribution in [2.24, 2.45) is 0 Å². The van der Waals surface area contributed by atoms with Gasteiger partial charge in [-0.2, -0.15) is 0 Å². The lowest BCUT2D eigenvalue weighted by atomic mass is 10.1. The SMILES string of the molecule is COc1ccc(C(C)NC(=O)CCc2cc(OC)c(OC)c(OC)c2)cc1OC. The number of carbonyl (C=O) groups excluding carboxylic acids is 1. The van der Waals surface area contributed by atoms with Crippen LogP contribution in [0.15, 0.2) is 30.3 Å². The number of nitrogens with one attached hydrogen (secondary N) is 1. The molecule has 0 radical (unpaired) electrons. The van der Waals surface area contributed by atoms with E-state index in [1.165, 1.54) is 0 Å². The van der Waals surface area contributed by atoms with Crippen molar-refractivity contribution in [1.29, 1.82) is 0 Å². The lowest BCUT2D eigenvalue weighted by molar-refractivity contribution is -0.121. The quantitative estimate of drug-likeness (QED) is 0.654. The van der Waals surface area contributed by atoms with E-state index in [4.69, 9.17) is 23.7 Å². The molecule has 2 aromatic rings. The molecule has 29 heavy (non-hydrogen) atoms. The third kappa shape index (κ3) is 5.47. The first-order valence-corrected chi connectivity index (χ1v) is 9.27. The lowest BCUT2D eigenvalue weighted by Gasteiger charge is -2.17. The Balaban J connectivity index is 2.03. The zero-order valence-electron chi connectivity index (χ0n) is 17.8. The third-order valence-corrected chi connectivity index (χ3v) is 4.65. The minimum absolute atomic E-state index is 0.0546. The van der Waals surface area contributed by atoms with Gasteiger partial charge in [0.15, 0.2) is 23.0 Å². The second kappa shape index (κ2) is 10.5. The molecule has 7 nitrogen and oxygen atoms in total. The van der Waals surface area contributed by atoms with Gasteiger partial charge in [0, 0.05) is 6.42 Å². The number of hydrogen-bond donors (Lipinski definition) is 1. The Morgan fingerprint density at radius 1 is 0.828 bits per heavy atom. The van der Waals surface area contributed by atoms with E-state index in [1.807, 2.05) is 37.3 Å². The summed E-state index contributed by atoms with van der Waals surface area (Å²) in [6.07, 6.45) is 0.872. The number of amides is 1. The van der Waals surface area contributed by atoms with Crippen molar-refractivity contribution in [3.63, 3.8) is 0 Å². The normalized spacial score (nSPS) is 11.4. The van der Waals surface area contributed by atoms with Gasteiger partial charge in [-0.25, -0.2) is 0 Å². The minimum atomic E-state index is -0.165. The van der Waals surface area contributed by atoms with Crippen LogP contribution in [0.3, 0.4) is 0 Å². The number of benzene rings is 2. The van der Waals surface area contributed by atoms with Gasteiger partial charge in [-0.3, -0.25) is 4.79 Å². The van der Waals surface area contributed by atoms with Crippen molar-refractivity contribution < 1.29 is 28.5 Å². The molecule has 1 amide bonds. The summed E-state index contributed by atoms with van der Waals surface area (Å²) >= 11 is 0. The van der Waals surface area contributed by atoms with E-state index >= 15 is 0 Å². The number of aryl methyl sites for hydroxylation is 1. The van der Waals surface area contributed by atoms with Gasteiger partial charge in [-0.1, -0.05) is 6.07 Å². The van der Waals surface area contributed by atoms with E-state index in [2.05, 4.69) is 5.32 Å². The fraction of sp³-hybridized carbons (Fsp3) is 0.409. The molecule has 1 unspecified atom stereocenters. The highest BCUT2D eigenvalue weighted by molar-refractivity contribution is 5.76. The monoisotopic (exact) mass is 403 g/mol. The highest BCUT2D eigenvalue weighted by Gasteiger charge is 2.16. The fourth-order valence-corrected chi connectivity index (χ4v) is 3.06. The Labute approximate surface area is 171 Å². The van der Waals surface area contributed by atoms with Crippen molar-refractivity contribution in [1.82, 2.24) is 5.32 Å². The molecule has 0 aliphatic rings. The average molecular weight is 403 g/mol. The first-order chi connectivity index (χ1) is 14.0. The molecule has 7 heteroatoms. The van der Waals surface area contributed by atoms with Crippen LogP contribution in [0, 0.1) is 0 Å². The van der Waals surface area contributed by atoms with Crippen molar-refractivity contribution >= 4 is 5.91 Å². The number of carbonyl (C=O) groups is 1. The Hall–Kier alpha value is -3.09. The molecule has 0 spiro atoms. The maximum Gasteiger partial charge on any atom is 0.220 e. The fourth-order valence-electron chi connectivity index (χ4n) is 3.06. The van der Waals surface area contributed by atoms with Gasteiger partial charge in [0.2, 0.25) is 11.7 Å². The number of rotatable bonds is 10. The van der Waals surface area contributed by atoms with E-state index in [0.717, 1.165) is 11.1 Å². The second-order valence-electron chi connectivity index (χ2n) is 6.44. The van der Waals surface area contributed by atoms with E-state index in [9.17, 15) is 4.79 Å². The standard InChI is InChI=1S/C22H29NO6/c1-14(16-8-9-17(25-2)18(13-16)26-3)23-21(24)10-7-15-11-19(27-4)22(29-6)20(12-15)28-5/h8-9,11-14H,7,10H2,1-6H3,(H,23,24). The zero-order valence-corrected chi connectivity index (χ0v) is 17.8. The minimum Gasteiger partial charge on any atom is -0.493 e. The van der Waals surface area contributed by atoms with Crippen LogP contribution in [0.25, 0.3) is 0 Å². The van der Waals surface area contributed by atoms with E-state index in [-0.39, 0.29) is 11.9 Å². The van der Waals surface area contributed by atoms with Crippen molar-refractivity contribution in [3.05, 3.63) is 41.5 Å². The predicted molar refractivity (Wildman–Crippen MR) is 111 cm³/mol. The highest BCUT2D eigenvalue weighted by atomic mass is 16.5. The van der Waals surface area contributed by atoms with Crippen LogP contribution in [-0.4, -0.2) is 41.5 Å². The van der Waals surface area contributed by atoms with Gasteiger partial charge in [-0.05, 0) is 48.7 Å². The van der Waals surface area contributed by atoms with Gasteiger partial charge in [-0.15, -0.1) is 0 Å². The van der Waals surface area contributed by atoms with Crippen LogP contribution in [0.1, 0.15) is 30.5 Å². The number of ether oxygens (including phenoxy) is 5. The molecular formula is C22H29NO6. The molecule has 0 saturated carbocycles. The summed E-state index contributed by atoms with van der Waals surface area (Å²) in [6.45, 7) is 1.93. The van der Waals surface area contributed by atoms with Crippen LogP contribution in [0.5, 0.6) is 28.7 Å². The van der Waals surface area contributed by atoms with Crippen molar-refractivity contribution in [2.75, 3.05) is 35.5 Å². The van der Waals surface area contributed by atoms with E-state index in [0.29, 0.717) is 41.6 Å². The van der Waals surface area contributed by atoms with Crippen LogP contribution in [-0.2, 0) is 11.2 Å². The summed E-state index contributed by atoms with van der Waals surface area (Å²) in [5.74, 6) is 2.90. The molecule has 158 valence electrons. The van der Waals surface area contributed by atoms with Gasteiger partial charge in [0.25, 0.3) is 0 Å². The topological polar surface area (TPSA) is 75.3 Å². The smallest absolute Gasteiger partial charge is 0.220 e. The Morgan fingerprint density at radius 3 is 1.93 bits per heavy atom. The van der Waals surface area contributed by atoms with Crippen LogP contribution in [0.2, 0.25) is 0 Å². The highest BCUT2D eigenvalue weighted by Crippen LogP contribution is 2.38. The summed E-state index contributed by atoms with van der Waals surface area (Å²) in [5.41, 5.74) is 1.86. The average Bonchev–Trinajstić information content (AvgIpc) is 2.75. The van der Waals surface area contributed by atoms with Crippen LogP contribution < -0.4 is 29.0 Å². The molecule has 1 N–H and O–H groups in total. The van der Waals surface area contributed by atoms with Gasteiger partial charge >= 0.3 is 0 Å². The van der Waals surface area contributed by atoms with E-state index in [1.54, 1.807) is 35.5 Å². The molecule has 1 atom stereocenters. The van der Waals surface area contributed by atoms with Gasteiger partial charge in [0.1, 0.15) is 0 Å². The summed E-state index contributed by atoms with van der Waals surface area (Å²) < 4.78 is 26.6. The molecule has 2 aromatic carbocycles. The third-order valence-electron chi connectivity index (χ3n) is 4.65. The predicted octanol–water partition coefficient (Wildman–Crippen LogP) is 3.54. The zero-order chi connectivity index (χ0) is 21.4. The van der Waals surface area contributed by atoms with E-state index < -0.39 is 0 Å². The first kappa shape index (κ1) is 22.2. The molecule has 0 fully saturated rings. The van der Waals surface area contributed by atoms with Crippen LogP contribution in [0.4, 0.5) is 0 Å². The van der Waals surface area contributed by atoms with Crippen LogP contribution >= 0.6 is 0 Å². The Morgan fingerprint density at radius 2 is 1.41 bits per heavy atom. The van der Waals surface area contributed by atoms with Gasteiger partial charge < -0.3 is 29.0 Å².